The van der Waals surface area contributed by atoms with Gasteiger partial charge in [0.25, 0.3) is 12.3 Å². The van der Waals surface area contributed by atoms with E-state index in [2.05, 4.69) is 15.2 Å². The number of alkyl halides is 2. The first kappa shape index (κ1) is 21.7. The molecule has 1 amide bonds. The zero-order chi connectivity index (χ0) is 22.8. The highest BCUT2D eigenvalue weighted by molar-refractivity contribution is 6.03. The summed E-state index contributed by atoms with van der Waals surface area (Å²) < 4.78 is 39.3. The highest BCUT2D eigenvalue weighted by Crippen LogP contribution is 2.40. The molecule has 3 aromatic heterocycles. The summed E-state index contributed by atoms with van der Waals surface area (Å²) >= 11 is 0. The fourth-order valence-corrected chi connectivity index (χ4v) is 3.82. The molecule has 0 atom stereocenters. The number of carbonyl (C=O) groups excluding carboxylic acids is 1. The average molecular weight is 457 g/mol. The molecule has 1 N–H and O–H groups in total. The van der Waals surface area contributed by atoms with Gasteiger partial charge in [-0.1, -0.05) is 6.07 Å². The fourth-order valence-electron chi connectivity index (χ4n) is 3.82. The third-order valence-corrected chi connectivity index (χ3v) is 5.81. The Bertz CT molecular complexity index is 1140. The molecule has 0 aromatic carbocycles. The largest absolute Gasteiger partial charge is 0.490 e. The van der Waals surface area contributed by atoms with Crippen molar-refractivity contribution in [3.8, 4) is 5.75 Å². The SMILES string of the molecule is O=C(Nc1cn2cc(C3CC3)nc2cc1OCCN1CCOCC1)c1cccc(C(F)F)n1. The van der Waals surface area contributed by atoms with E-state index in [0.717, 1.165) is 43.8 Å². The van der Waals surface area contributed by atoms with Crippen molar-refractivity contribution in [2.45, 2.75) is 25.2 Å². The van der Waals surface area contributed by atoms with Gasteiger partial charge in [0.2, 0.25) is 0 Å². The molecule has 2 fully saturated rings. The summed E-state index contributed by atoms with van der Waals surface area (Å²) in [6.07, 6.45) is 3.20. The number of amides is 1. The molecule has 2 aliphatic rings. The predicted octanol–water partition coefficient (Wildman–Crippen LogP) is 3.51. The predicted molar refractivity (Wildman–Crippen MR) is 117 cm³/mol. The first-order valence-electron chi connectivity index (χ1n) is 11.1. The Labute approximate surface area is 189 Å². The molecule has 1 aliphatic heterocycles. The number of hydrogen-bond donors (Lipinski definition) is 1. The van der Waals surface area contributed by atoms with Gasteiger partial charge in [-0.15, -0.1) is 0 Å². The number of rotatable bonds is 8. The summed E-state index contributed by atoms with van der Waals surface area (Å²) in [7, 11) is 0. The lowest BCUT2D eigenvalue weighted by atomic mass is 10.2. The highest BCUT2D eigenvalue weighted by Gasteiger charge is 2.26. The second kappa shape index (κ2) is 9.40. The van der Waals surface area contributed by atoms with Gasteiger partial charge in [0.05, 0.1) is 18.9 Å². The van der Waals surface area contributed by atoms with Gasteiger partial charge in [0.15, 0.2) is 0 Å². The van der Waals surface area contributed by atoms with Crippen molar-refractivity contribution < 1.29 is 23.0 Å². The number of nitrogens with zero attached hydrogens (tertiary/aromatic N) is 4. The molecule has 33 heavy (non-hydrogen) atoms. The molecule has 0 radical (unpaired) electrons. The van der Waals surface area contributed by atoms with Gasteiger partial charge in [-0.25, -0.2) is 18.7 Å². The molecule has 8 nitrogen and oxygen atoms in total. The van der Waals surface area contributed by atoms with Crippen LogP contribution in [0.3, 0.4) is 0 Å². The maximum atomic E-state index is 13.0. The lowest BCUT2D eigenvalue weighted by molar-refractivity contribution is 0.0323. The summed E-state index contributed by atoms with van der Waals surface area (Å²) in [6.45, 7) is 4.26. The van der Waals surface area contributed by atoms with Crippen LogP contribution in [0.1, 0.15) is 47.1 Å². The van der Waals surface area contributed by atoms with Crippen LogP contribution in [0, 0.1) is 0 Å². The van der Waals surface area contributed by atoms with E-state index < -0.39 is 18.0 Å². The number of fused-ring (bicyclic) bond motifs is 1. The molecule has 5 rings (SSSR count). The Morgan fingerprint density at radius 1 is 1.21 bits per heavy atom. The van der Waals surface area contributed by atoms with Gasteiger partial charge in [-0.3, -0.25) is 9.69 Å². The minimum absolute atomic E-state index is 0.0866. The molecule has 4 heterocycles. The Morgan fingerprint density at radius 2 is 2.03 bits per heavy atom. The smallest absolute Gasteiger partial charge is 0.280 e. The number of ether oxygens (including phenoxy) is 2. The summed E-state index contributed by atoms with van der Waals surface area (Å²) in [5.41, 5.74) is 1.65. The minimum Gasteiger partial charge on any atom is -0.490 e. The molecular formula is C23H25F2N5O3. The third kappa shape index (κ3) is 5.12. The lowest BCUT2D eigenvalue weighted by Gasteiger charge is -2.26. The first-order valence-corrected chi connectivity index (χ1v) is 11.1. The highest BCUT2D eigenvalue weighted by atomic mass is 19.3. The van der Waals surface area contributed by atoms with Crippen LogP contribution < -0.4 is 10.1 Å². The molecule has 174 valence electrons. The monoisotopic (exact) mass is 457 g/mol. The number of aromatic nitrogens is 3. The number of halogens is 2. The summed E-state index contributed by atoms with van der Waals surface area (Å²) in [5.74, 6) is 0.370. The van der Waals surface area contributed by atoms with Gasteiger partial charge in [0.1, 0.15) is 35.1 Å². The molecule has 0 bridgehead atoms. The van der Waals surface area contributed by atoms with E-state index in [-0.39, 0.29) is 5.69 Å². The van der Waals surface area contributed by atoms with Gasteiger partial charge in [0, 0.05) is 44.0 Å². The summed E-state index contributed by atoms with van der Waals surface area (Å²) in [6, 6.07) is 5.79. The van der Waals surface area contributed by atoms with Crippen LogP contribution in [-0.4, -0.2) is 64.6 Å². The van der Waals surface area contributed by atoms with E-state index in [1.807, 2.05) is 10.6 Å². The van der Waals surface area contributed by atoms with Crippen molar-refractivity contribution in [2.24, 2.45) is 0 Å². The number of morpholine rings is 1. The number of imidazole rings is 1. The van der Waals surface area contributed by atoms with E-state index in [0.29, 0.717) is 37.2 Å². The Morgan fingerprint density at radius 3 is 2.79 bits per heavy atom. The quantitative estimate of drug-likeness (QED) is 0.558. The van der Waals surface area contributed by atoms with Gasteiger partial charge in [-0.05, 0) is 25.0 Å². The van der Waals surface area contributed by atoms with Crippen LogP contribution in [0.2, 0.25) is 0 Å². The molecule has 0 unspecified atom stereocenters. The zero-order valence-corrected chi connectivity index (χ0v) is 18.0. The van der Waals surface area contributed by atoms with Crippen molar-refractivity contribution in [1.82, 2.24) is 19.3 Å². The summed E-state index contributed by atoms with van der Waals surface area (Å²) in [4.78, 5) is 23.5. The number of carbonyl (C=O) groups is 1. The number of pyridine rings is 2. The first-order chi connectivity index (χ1) is 16.1. The van der Waals surface area contributed by atoms with Crippen LogP contribution >= 0.6 is 0 Å². The summed E-state index contributed by atoms with van der Waals surface area (Å²) in [5, 5.41) is 2.77. The lowest BCUT2D eigenvalue weighted by Crippen LogP contribution is -2.38. The molecule has 10 heteroatoms. The van der Waals surface area contributed by atoms with Crippen molar-refractivity contribution >= 4 is 17.2 Å². The van der Waals surface area contributed by atoms with Crippen LogP contribution in [0.4, 0.5) is 14.5 Å². The number of anilines is 1. The second-order valence-electron chi connectivity index (χ2n) is 8.26. The van der Waals surface area contributed by atoms with Crippen molar-refractivity contribution in [3.05, 3.63) is 53.7 Å². The van der Waals surface area contributed by atoms with Gasteiger partial charge in [-0.2, -0.15) is 0 Å². The second-order valence-corrected chi connectivity index (χ2v) is 8.26. The average Bonchev–Trinajstić information content (AvgIpc) is 3.60. The molecule has 1 saturated carbocycles. The molecular weight excluding hydrogens is 432 g/mol. The molecule has 1 aliphatic carbocycles. The standard InChI is InChI=1S/C23H25F2N5O3/c24-22(25)16-2-1-3-17(26-16)23(31)28-19-14-30-13-18(15-4-5-15)27-21(30)12-20(19)33-11-8-29-6-9-32-10-7-29/h1-3,12-15,22H,4-11H2,(H,28,31). The van der Waals surface area contributed by atoms with Crippen molar-refractivity contribution in [1.29, 1.82) is 0 Å². The Kier molecular flexibility index (Phi) is 6.19. The van der Waals surface area contributed by atoms with Crippen LogP contribution in [0.5, 0.6) is 5.75 Å². The van der Waals surface area contributed by atoms with Crippen molar-refractivity contribution in [3.63, 3.8) is 0 Å². The van der Waals surface area contributed by atoms with Crippen molar-refractivity contribution in [2.75, 3.05) is 44.8 Å². The number of hydrogen-bond acceptors (Lipinski definition) is 6. The molecule has 1 saturated heterocycles. The van der Waals surface area contributed by atoms with E-state index in [4.69, 9.17) is 14.5 Å². The van der Waals surface area contributed by atoms with Gasteiger partial charge >= 0.3 is 0 Å². The Hall–Kier alpha value is -3.11. The topological polar surface area (TPSA) is 81.0 Å². The van der Waals surface area contributed by atoms with Crippen LogP contribution in [0.15, 0.2) is 36.7 Å². The fraction of sp³-hybridized carbons (Fsp3) is 0.435. The minimum atomic E-state index is -2.75. The van der Waals surface area contributed by atoms with E-state index >= 15 is 0 Å². The third-order valence-electron chi connectivity index (χ3n) is 5.81. The maximum absolute atomic E-state index is 13.0. The van der Waals surface area contributed by atoms with E-state index in [1.54, 1.807) is 12.3 Å². The normalized spacial score (nSPS) is 16.9. The number of nitrogens with one attached hydrogen (secondary N) is 1. The molecule has 0 spiro atoms. The van der Waals surface area contributed by atoms with E-state index in [9.17, 15) is 13.6 Å². The van der Waals surface area contributed by atoms with Crippen LogP contribution in [0.25, 0.3) is 5.65 Å². The maximum Gasteiger partial charge on any atom is 0.280 e. The van der Waals surface area contributed by atoms with Crippen LogP contribution in [-0.2, 0) is 4.74 Å². The Balaban J connectivity index is 1.37. The van der Waals surface area contributed by atoms with E-state index in [1.165, 1.54) is 18.2 Å². The molecule has 3 aromatic rings. The zero-order valence-electron chi connectivity index (χ0n) is 18.0. The van der Waals surface area contributed by atoms with Gasteiger partial charge < -0.3 is 19.2 Å².